The van der Waals surface area contributed by atoms with Crippen molar-refractivity contribution in [3.05, 3.63) is 0 Å². The zero-order chi connectivity index (χ0) is 16.4. The van der Waals surface area contributed by atoms with Gasteiger partial charge in [-0.1, -0.05) is 20.3 Å². The molecule has 122 valence electrons. The van der Waals surface area contributed by atoms with Gasteiger partial charge in [0, 0.05) is 0 Å². The fourth-order valence-electron chi connectivity index (χ4n) is 2.84. The largest absolute Gasteiger partial charge is 0.480 e. The maximum Gasteiger partial charge on any atom is 0.326 e. The molecule has 0 aromatic carbocycles. The van der Waals surface area contributed by atoms with Gasteiger partial charge >= 0.3 is 12.0 Å². The van der Waals surface area contributed by atoms with Crippen LogP contribution in [0.4, 0.5) is 4.79 Å². The number of nitrogens with zero attached hydrogens (tertiary/aromatic N) is 1. The Morgan fingerprint density at radius 3 is 2.10 bits per heavy atom. The lowest BCUT2D eigenvalue weighted by Crippen LogP contribution is -2.62. The van der Waals surface area contributed by atoms with E-state index in [1.807, 2.05) is 41.5 Å². The third kappa shape index (κ3) is 4.88. The quantitative estimate of drug-likeness (QED) is 0.833. The van der Waals surface area contributed by atoms with Gasteiger partial charge in [0.05, 0.1) is 24.3 Å². The van der Waals surface area contributed by atoms with E-state index in [9.17, 15) is 14.7 Å². The molecule has 0 spiro atoms. The summed E-state index contributed by atoms with van der Waals surface area (Å²) >= 11 is 0. The second kappa shape index (κ2) is 6.22. The number of hydrogen-bond donors (Lipinski definition) is 2. The monoisotopic (exact) mass is 300 g/mol. The van der Waals surface area contributed by atoms with E-state index < -0.39 is 23.2 Å². The Labute approximate surface area is 126 Å². The van der Waals surface area contributed by atoms with Crippen molar-refractivity contribution < 1.29 is 19.4 Å². The molecule has 0 aromatic rings. The van der Waals surface area contributed by atoms with Gasteiger partial charge in [0.15, 0.2) is 0 Å². The minimum absolute atomic E-state index is 0.117. The summed E-state index contributed by atoms with van der Waals surface area (Å²) in [5.41, 5.74) is -0.900. The number of rotatable bonds is 4. The first-order valence-corrected chi connectivity index (χ1v) is 7.46. The Hall–Kier alpha value is -1.30. The fraction of sp³-hybridized carbons (Fsp3) is 0.867. The molecule has 1 rings (SSSR count). The molecular weight excluding hydrogens is 272 g/mol. The Morgan fingerprint density at radius 2 is 1.71 bits per heavy atom. The topological polar surface area (TPSA) is 78.9 Å². The van der Waals surface area contributed by atoms with Gasteiger partial charge in [0.2, 0.25) is 0 Å². The minimum Gasteiger partial charge on any atom is -0.480 e. The van der Waals surface area contributed by atoms with Gasteiger partial charge in [0.1, 0.15) is 6.04 Å². The van der Waals surface area contributed by atoms with Gasteiger partial charge in [0.25, 0.3) is 0 Å². The Kier molecular flexibility index (Phi) is 5.25. The predicted molar refractivity (Wildman–Crippen MR) is 80.2 cm³/mol. The maximum atomic E-state index is 12.4. The lowest BCUT2D eigenvalue weighted by atomic mass is 9.98. The standard InChI is InChI=1S/C15H28N2O4/c1-7-10(2)11(12(18)19)16-13(20)17-8-14(3,4)21-15(5,6)9-17/h10-11H,7-9H2,1-6H3,(H,16,20)(H,18,19). The summed E-state index contributed by atoms with van der Waals surface area (Å²) in [5.74, 6) is -1.11. The van der Waals surface area contributed by atoms with Crippen LogP contribution in [-0.2, 0) is 9.53 Å². The highest BCUT2D eigenvalue weighted by atomic mass is 16.5. The van der Waals surface area contributed by atoms with E-state index in [2.05, 4.69) is 5.32 Å². The highest BCUT2D eigenvalue weighted by molar-refractivity contribution is 5.83. The van der Waals surface area contributed by atoms with E-state index in [1.54, 1.807) is 4.90 Å². The normalized spacial score (nSPS) is 23.2. The summed E-state index contributed by atoms with van der Waals surface area (Å²) in [5, 5.41) is 11.9. The summed E-state index contributed by atoms with van der Waals surface area (Å²) in [4.78, 5) is 25.4. The molecule has 0 aromatic heterocycles. The molecule has 1 fully saturated rings. The van der Waals surface area contributed by atoms with Crippen LogP contribution in [0.3, 0.4) is 0 Å². The van der Waals surface area contributed by atoms with Crippen LogP contribution in [-0.4, -0.2) is 52.3 Å². The molecule has 21 heavy (non-hydrogen) atoms. The number of ether oxygens (including phenoxy) is 1. The first-order chi connectivity index (χ1) is 9.47. The van der Waals surface area contributed by atoms with Crippen LogP contribution < -0.4 is 5.32 Å². The second-order valence-electron chi connectivity index (χ2n) is 7.13. The van der Waals surface area contributed by atoms with Crippen molar-refractivity contribution in [2.75, 3.05) is 13.1 Å². The van der Waals surface area contributed by atoms with Crippen LogP contribution in [0.5, 0.6) is 0 Å². The zero-order valence-electron chi connectivity index (χ0n) is 13.9. The number of nitrogens with one attached hydrogen (secondary N) is 1. The summed E-state index contributed by atoms with van der Waals surface area (Å²) < 4.78 is 5.92. The lowest BCUT2D eigenvalue weighted by molar-refractivity contribution is -0.170. The Morgan fingerprint density at radius 1 is 1.24 bits per heavy atom. The molecule has 0 aliphatic carbocycles. The van der Waals surface area contributed by atoms with Gasteiger partial charge < -0.3 is 20.1 Å². The number of carbonyl (C=O) groups excluding carboxylic acids is 1. The Bertz CT molecular complexity index is 390. The molecule has 6 heteroatoms. The van der Waals surface area contributed by atoms with Gasteiger partial charge in [-0.2, -0.15) is 0 Å². The summed E-state index contributed by atoms with van der Waals surface area (Å²) in [6.07, 6.45) is 0.692. The average Bonchev–Trinajstić information content (AvgIpc) is 2.30. The average molecular weight is 300 g/mol. The SMILES string of the molecule is CCC(C)C(NC(=O)N1CC(C)(C)OC(C)(C)C1)C(=O)O. The number of carbonyl (C=O) groups is 2. The van der Waals surface area contributed by atoms with Crippen molar-refractivity contribution in [1.82, 2.24) is 10.2 Å². The van der Waals surface area contributed by atoms with Crippen molar-refractivity contribution in [3.8, 4) is 0 Å². The molecule has 2 atom stereocenters. The minimum atomic E-state index is -0.996. The number of morpholine rings is 1. The van der Waals surface area contributed by atoms with Crippen molar-refractivity contribution in [1.29, 1.82) is 0 Å². The Balaban J connectivity index is 2.80. The smallest absolute Gasteiger partial charge is 0.326 e. The zero-order valence-corrected chi connectivity index (χ0v) is 13.9. The van der Waals surface area contributed by atoms with Crippen LogP contribution in [0.2, 0.25) is 0 Å². The molecule has 0 radical (unpaired) electrons. The summed E-state index contributed by atoms with van der Waals surface area (Å²) in [7, 11) is 0. The van der Waals surface area contributed by atoms with E-state index in [1.165, 1.54) is 0 Å². The van der Waals surface area contributed by atoms with Crippen molar-refractivity contribution >= 4 is 12.0 Å². The number of carboxylic acid groups (broad SMARTS) is 1. The maximum absolute atomic E-state index is 12.4. The van der Waals surface area contributed by atoms with Gasteiger partial charge in [-0.15, -0.1) is 0 Å². The first-order valence-electron chi connectivity index (χ1n) is 7.46. The molecule has 2 unspecified atom stereocenters. The third-order valence-electron chi connectivity index (χ3n) is 3.74. The van der Waals surface area contributed by atoms with Gasteiger partial charge in [-0.3, -0.25) is 0 Å². The van der Waals surface area contributed by atoms with E-state index in [0.29, 0.717) is 19.5 Å². The van der Waals surface area contributed by atoms with Crippen LogP contribution in [0, 0.1) is 5.92 Å². The molecular formula is C15H28N2O4. The van der Waals surface area contributed by atoms with Gasteiger partial charge in [-0.05, 0) is 33.6 Å². The van der Waals surface area contributed by atoms with Crippen LogP contribution in [0.25, 0.3) is 0 Å². The van der Waals surface area contributed by atoms with E-state index in [-0.39, 0.29) is 11.9 Å². The first kappa shape index (κ1) is 17.8. The number of carboxylic acids is 1. The second-order valence-corrected chi connectivity index (χ2v) is 7.13. The molecule has 0 bridgehead atoms. The number of amides is 2. The summed E-state index contributed by atoms with van der Waals surface area (Å²) in [6.45, 7) is 12.3. The molecule has 1 aliphatic rings. The van der Waals surface area contributed by atoms with Crippen molar-refractivity contribution in [3.63, 3.8) is 0 Å². The highest BCUT2D eigenvalue weighted by Gasteiger charge is 2.40. The number of urea groups is 1. The van der Waals surface area contributed by atoms with Crippen molar-refractivity contribution in [2.24, 2.45) is 5.92 Å². The van der Waals surface area contributed by atoms with Crippen LogP contribution in [0.1, 0.15) is 48.0 Å². The molecule has 1 heterocycles. The molecule has 6 nitrogen and oxygen atoms in total. The molecule has 2 N–H and O–H groups in total. The third-order valence-corrected chi connectivity index (χ3v) is 3.74. The van der Waals surface area contributed by atoms with Crippen LogP contribution in [0.15, 0.2) is 0 Å². The van der Waals surface area contributed by atoms with E-state index >= 15 is 0 Å². The lowest BCUT2D eigenvalue weighted by Gasteiger charge is -2.47. The van der Waals surface area contributed by atoms with E-state index in [0.717, 1.165) is 0 Å². The van der Waals surface area contributed by atoms with E-state index in [4.69, 9.17) is 4.74 Å². The molecule has 0 saturated carbocycles. The highest BCUT2D eigenvalue weighted by Crippen LogP contribution is 2.28. The van der Waals surface area contributed by atoms with Crippen LogP contribution >= 0.6 is 0 Å². The molecule has 1 saturated heterocycles. The summed E-state index contributed by atoms with van der Waals surface area (Å²) in [6, 6.07) is -1.20. The molecule has 1 aliphatic heterocycles. The number of hydrogen-bond acceptors (Lipinski definition) is 3. The number of aliphatic carboxylic acids is 1. The van der Waals surface area contributed by atoms with Gasteiger partial charge in [-0.25, -0.2) is 9.59 Å². The molecule has 2 amide bonds. The van der Waals surface area contributed by atoms with Crippen molar-refractivity contribution in [2.45, 2.75) is 65.2 Å². The fourth-order valence-corrected chi connectivity index (χ4v) is 2.84. The predicted octanol–water partition coefficient (Wildman–Crippen LogP) is 2.08.